The van der Waals surface area contributed by atoms with Crippen molar-refractivity contribution in [3.63, 3.8) is 0 Å². The molecule has 25 heavy (non-hydrogen) atoms. The molecule has 1 atom stereocenters. The number of hydrogen-bond acceptors (Lipinski definition) is 5. The van der Waals surface area contributed by atoms with Gasteiger partial charge in [0.2, 0.25) is 5.91 Å². The highest BCUT2D eigenvalue weighted by Gasteiger charge is 2.55. The molecule has 6 heteroatoms. The molecule has 1 aromatic heterocycles. The van der Waals surface area contributed by atoms with Crippen LogP contribution >= 0.6 is 0 Å². The molecule has 6 nitrogen and oxygen atoms in total. The van der Waals surface area contributed by atoms with Crippen LogP contribution in [0.25, 0.3) is 0 Å². The molecule has 0 aromatic carbocycles. The van der Waals surface area contributed by atoms with E-state index in [1.165, 1.54) is 38.6 Å². The van der Waals surface area contributed by atoms with Crippen LogP contribution in [0.1, 0.15) is 44.3 Å². The minimum Gasteiger partial charge on any atom is -0.360 e. The van der Waals surface area contributed by atoms with E-state index in [4.69, 9.17) is 4.52 Å². The van der Waals surface area contributed by atoms with E-state index in [1.807, 2.05) is 6.92 Å². The lowest BCUT2D eigenvalue weighted by molar-refractivity contribution is -0.116. The van der Waals surface area contributed by atoms with Gasteiger partial charge in [0.15, 0.2) is 5.82 Å². The van der Waals surface area contributed by atoms with Crippen LogP contribution in [0.5, 0.6) is 0 Å². The summed E-state index contributed by atoms with van der Waals surface area (Å²) in [5.74, 6) is 2.16. The van der Waals surface area contributed by atoms with Gasteiger partial charge < -0.3 is 19.6 Å². The number of nitrogens with one attached hydrogen (secondary N) is 1. The summed E-state index contributed by atoms with van der Waals surface area (Å²) in [5.41, 5.74) is 0.625. The second-order valence-corrected chi connectivity index (χ2v) is 8.40. The topological polar surface area (TPSA) is 61.6 Å². The van der Waals surface area contributed by atoms with E-state index in [2.05, 4.69) is 27.3 Å². The highest BCUT2D eigenvalue weighted by molar-refractivity contribution is 5.89. The average Bonchev–Trinajstić information content (AvgIpc) is 3.49. The second kappa shape index (κ2) is 6.72. The van der Waals surface area contributed by atoms with E-state index >= 15 is 0 Å². The van der Waals surface area contributed by atoms with Gasteiger partial charge in [-0.3, -0.25) is 4.79 Å². The molecule has 0 radical (unpaired) electrons. The van der Waals surface area contributed by atoms with Crippen LogP contribution in [-0.4, -0.2) is 60.1 Å². The normalized spacial score (nSPS) is 25.5. The predicted molar refractivity (Wildman–Crippen MR) is 96.4 cm³/mol. The first-order valence-electron chi connectivity index (χ1n) is 9.70. The van der Waals surface area contributed by atoms with Crippen LogP contribution in [0.15, 0.2) is 10.6 Å². The van der Waals surface area contributed by atoms with Gasteiger partial charge in [-0.05, 0) is 70.5 Å². The Morgan fingerprint density at radius 1 is 1.44 bits per heavy atom. The number of aryl methyl sites for hydroxylation is 1. The molecule has 1 aromatic rings. The first-order chi connectivity index (χ1) is 12.0. The fraction of sp³-hybridized carbons (Fsp3) is 0.789. The van der Waals surface area contributed by atoms with Crippen molar-refractivity contribution in [1.82, 2.24) is 15.0 Å². The van der Waals surface area contributed by atoms with Crippen molar-refractivity contribution >= 4 is 11.7 Å². The van der Waals surface area contributed by atoms with Gasteiger partial charge in [0.05, 0.1) is 0 Å². The van der Waals surface area contributed by atoms with Crippen molar-refractivity contribution in [2.45, 2.75) is 51.5 Å². The van der Waals surface area contributed by atoms with Crippen molar-refractivity contribution in [3.8, 4) is 0 Å². The number of likely N-dealkylation sites (tertiary alicyclic amines) is 1. The summed E-state index contributed by atoms with van der Waals surface area (Å²) in [6, 6.07) is 2.62. The summed E-state index contributed by atoms with van der Waals surface area (Å²) in [6.45, 7) is 6.23. The first kappa shape index (κ1) is 17.0. The van der Waals surface area contributed by atoms with E-state index in [9.17, 15) is 4.79 Å². The third kappa shape index (κ3) is 4.06. The molecule has 2 saturated carbocycles. The first-order valence-corrected chi connectivity index (χ1v) is 9.70. The number of piperidine rings is 1. The summed E-state index contributed by atoms with van der Waals surface area (Å²) in [5, 5.41) is 6.60. The highest BCUT2D eigenvalue weighted by Crippen LogP contribution is 2.59. The lowest BCUT2D eigenvalue weighted by Gasteiger charge is -2.33. The third-order valence-corrected chi connectivity index (χ3v) is 6.44. The van der Waals surface area contributed by atoms with Crippen molar-refractivity contribution in [3.05, 3.63) is 11.8 Å². The van der Waals surface area contributed by atoms with Gasteiger partial charge in [0.1, 0.15) is 5.76 Å². The second-order valence-electron chi connectivity index (χ2n) is 8.40. The third-order valence-electron chi connectivity index (χ3n) is 6.44. The molecule has 1 amide bonds. The molecule has 1 unspecified atom stereocenters. The smallest absolute Gasteiger partial charge is 0.226 e. The van der Waals surface area contributed by atoms with Gasteiger partial charge in [-0.25, -0.2) is 0 Å². The maximum atomic E-state index is 12.0. The number of hydrogen-bond donors (Lipinski definition) is 1. The minimum absolute atomic E-state index is 0.0175. The lowest BCUT2D eigenvalue weighted by Crippen LogP contribution is -2.37. The van der Waals surface area contributed by atoms with Crippen molar-refractivity contribution in [2.24, 2.45) is 11.3 Å². The van der Waals surface area contributed by atoms with Crippen LogP contribution in [-0.2, 0) is 4.79 Å². The van der Waals surface area contributed by atoms with Gasteiger partial charge in [-0.1, -0.05) is 5.16 Å². The van der Waals surface area contributed by atoms with Crippen LogP contribution in [0, 0.1) is 18.3 Å². The molecule has 138 valence electrons. The Morgan fingerprint density at radius 2 is 2.20 bits per heavy atom. The zero-order valence-electron chi connectivity index (χ0n) is 15.5. The fourth-order valence-electron chi connectivity index (χ4n) is 4.43. The average molecular weight is 346 g/mol. The van der Waals surface area contributed by atoms with E-state index in [0.717, 1.165) is 31.6 Å². The molecular weight excluding hydrogens is 316 g/mol. The summed E-state index contributed by atoms with van der Waals surface area (Å²) < 4.78 is 4.97. The van der Waals surface area contributed by atoms with Crippen LogP contribution in [0.4, 0.5) is 5.82 Å². The molecule has 1 spiro atoms. The predicted octanol–water partition coefficient (Wildman–Crippen LogP) is 2.51. The van der Waals surface area contributed by atoms with Crippen molar-refractivity contribution in [1.29, 1.82) is 0 Å². The zero-order valence-corrected chi connectivity index (χ0v) is 15.5. The Morgan fingerprint density at radius 3 is 2.84 bits per heavy atom. The highest BCUT2D eigenvalue weighted by atomic mass is 16.5. The van der Waals surface area contributed by atoms with Gasteiger partial charge in [-0.15, -0.1) is 0 Å². The number of anilines is 1. The molecule has 4 rings (SSSR count). The number of rotatable bonds is 7. The number of nitrogens with zero attached hydrogens (tertiary/aromatic N) is 3. The molecule has 1 N–H and O–H groups in total. The molecule has 1 saturated heterocycles. The van der Waals surface area contributed by atoms with Gasteiger partial charge in [0, 0.05) is 31.6 Å². The van der Waals surface area contributed by atoms with Crippen LogP contribution in [0.2, 0.25) is 0 Å². The molecule has 2 aliphatic carbocycles. The zero-order chi connectivity index (χ0) is 17.4. The molecule has 1 aliphatic heterocycles. The molecule has 3 aliphatic rings. The Bertz CT molecular complexity index is 617. The van der Waals surface area contributed by atoms with E-state index in [1.54, 1.807) is 6.07 Å². The minimum atomic E-state index is 0.0175. The molecule has 0 bridgehead atoms. The Balaban J connectivity index is 1.15. The Kier molecular flexibility index (Phi) is 4.58. The summed E-state index contributed by atoms with van der Waals surface area (Å²) in [7, 11) is 2.30. The van der Waals surface area contributed by atoms with E-state index in [-0.39, 0.29) is 5.91 Å². The summed E-state index contributed by atoms with van der Waals surface area (Å²) >= 11 is 0. The van der Waals surface area contributed by atoms with Crippen LogP contribution < -0.4 is 5.32 Å². The summed E-state index contributed by atoms with van der Waals surface area (Å²) in [4.78, 5) is 17.1. The quantitative estimate of drug-likeness (QED) is 0.822. The van der Waals surface area contributed by atoms with Crippen LogP contribution in [0.3, 0.4) is 0 Å². The summed E-state index contributed by atoms with van der Waals surface area (Å²) in [6.07, 6.45) is 7.36. The van der Waals surface area contributed by atoms with E-state index < -0.39 is 0 Å². The van der Waals surface area contributed by atoms with Gasteiger partial charge in [-0.2, -0.15) is 0 Å². The molecular formula is C19H30N4O2. The Labute approximate surface area is 149 Å². The van der Waals surface area contributed by atoms with Gasteiger partial charge in [0.25, 0.3) is 0 Å². The monoisotopic (exact) mass is 346 g/mol. The van der Waals surface area contributed by atoms with E-state index in [0.29, 0.717) is 23.4 Å². The van der Waals surface area contributed by atoms with Crippen molar-refractivity contribution < 1.29 is 9.32 Å². The largest absolute Gasteiger partial charge is 0.360 e. The SMILES string of the molecule is Cc1cc(NC(=O)CCN2CCC3(CC2)CC3CN(C)C2CC2)no1. The Hall–Kier alpha value is -1.40. The lowest BCUT2D eigenvalue weighted by atomic mass is 9.90. The number of amides is 1. The number of aromatic nitrogens is 1. The molecule has 3 fully saturated rings. The number of carbonyl (C=O) groups is 1. The molecule has 2 heterocycles. The standard InChI is InChI=1S/C19H30N4O2/c1-14-11-17(21-25-14)20-18(24)5-8-23-9-6-19(7-10-23)12-15(19)13-22(2)16-3-4-16/h11,15-16H,3-10,12-13H2,1-2H3,(H,20,21,24). The number of carbonyl (C=O) groups excluding carboxylic acids is 1. The fourth-order valence-corrected chi connectivity index (χ4v) is 4.43. The van der Waals surface area contributed by atoms with Crippen molar-refractivity contribution in [2.75, 3.05) is 38.5 Å². The maximum absolute atomic E-state index is 12.0. The maximum Gasteiger partial charge on any atom is 0.226 e. The van der Waals surface area contributed by atoms with Gasteiger partial charge >= 0.3 is 0 Å².